The van der Waals surface area contributed by atoms with E-state index in [0.29, 0.717) is 29.3 Å². The first-order valence-electron chi connectivity index (χ1n) is 9.39. The Hall–Kier alpha value is -1.93. The summed E-state index contributed by atoms with van der Waals surface area (Å²) in [6.45, 7) is 0.824. The zero-order valence-corrected chi connectivity index (χ0v) is 17.5. The molecule has 0 spiro atoms. The lowest BCUT2D eigenvalue weighted by Gasteiger charge is -2.30. The summed E-state index contributed by atoms with van der Waals surface area (Å²) in [6, 6.07) is 13.9. The van der Waals surface area contributed by atoms with Gasteiger partial charge in [-0.3, -0.25) is 9.69 Å². The van der Waals surface area contributed by atoms with Crippen molar-refractivity contribution in [1.82, 2.24) is 4.90 Å². The van der Waals surface area contributed by atoms with E-state index in [0.717, 1.165) is 11.8 Å². The Labute approximate surface area is 176 Å². The molecule has 2 aromatic rings. The number of carbonyl (C=O) groups is 1. The molecule has 0 amide bonds. The molecule has 1 N–H and O–H groups in total. The van der Waals surface area contributed by atoms with Crippen LogP contribution >= 0.6 is 11.6 Å². The topological polar surface area (TPSA) is 83.9 Å². The molecule has 6 nitrogen and oxygen atoms in total. The van der Waals surface area contributed by atoms with Gasteiger partial charge >= 0.3 is 0 Å². The Morgan fingerprint density at radius 3 is 2.66 bits per heavy atom. The van der Waals surface area contributed by atoms with Crippen molar-refractivity contribution in [3.8, 4) is 5.75 Å². The predicted octanol–water partition coefficient (Wildman–Crippen LogP) is 2.58. The Morgan fingerprint density at radius 1 is 1.24 bits per heavy atom. The van der Waals surface area contributed by atoms with E-state index >= 15 is 0 Å². The number of ether oxygens (including phenoxy) is 1. The van der Waals surface area contributed by atoms with Gasteiger partial charge in [0, 0.05) is 29.7 Å². The van der Waals surface area contributed by atoms with Crippen molar-refractivity contribution in [2.45, 2.75) is 25.1 Å². The monoisotopic (exact) mass is 437 g/mol. The summed E-state index contributed by atoms with van der Waals surface area (Å²) < 4.78 is 29.5. The van der Waals surface area contributed by atoms with Crippen molar-refractivity contribution < 1.29 is 23.1 Å². The van der Waals surface area contributed by atoms with Crippen LogP contribution in [-0.4, -0.2) is 61.5 Å². The first-order chi connectivity index (χ1) is 13.8. The summed E-state index contributed by atoms with van der Waals surface area (Å²) >= 11 is 5.95. The normalized spacial score (nSPS) is 19.2. The van der Waals surface area contributed by atoms with Crippen LogP contribution in [0.2, 0.25) is 5.02 Å². The summed E-state index contributed by atoms with van der Waals surface area (Å²) in [6.07, 6.45) is 0.466. The van der Waals surface area contributed by atoms with Gasteiger partial charge in [0.15, 0.2) is 9.84 Å². The fraction of sp³-hybridized carbons (Fsp3) is 0.381. The van der Waals surface area contributed by atoms with Gasteiger partial charge in [0.2, 0.25) is 0 Å². The fourth-order valence-corrected chi connectivity index (χ4v) is 5.31. The average Bonchev–Trinajstić information content (AvgIpc) is 3.07. The van der Waals surface area contributed by atoms with Crippen LogP contribution in [0, 0.1) is 0 Å². The number of hydrogen-bond acceptors (Lipinski definition) is 6. The molecule has 2 aromatic carbocycles. The molecule has 3 rings (SSSR count). The summed E-state index contributed by atoms with van der Waals surface area (Å²) in [5.41, 5.74) is 1.49. The van der Waals surface area contributed by atoms with Crippen molar-refractivity contribution in [2.24, 2.45) is 0 Å². The van der Waals surface area contributed by atoms with Crippen LogP contribution in [0.1, 0.15) is 22.3 Å². The minimum atomic E-state index is -3.05. The Bertz CT molecular complexity index is 932. The first kappa shape index (κ1) is 21.8. The third kappa shape index (κ3) is 6.54. The van der Waals surface area contributed by atoms with Gasteiger partial charge in [-0.2, -0.15) is 0 Å². The first-order valence-corrected chi connectivity index (χ1v) is 11.6. The molecule has 1 saturated heterocycles. The third-order valence-corrected chi connectivity index (χ3v) is 6.91. The van der Waals surface area contributed by atoms with Crippen LogP contribution < -0.4 is 4.74 Å². The van der Waals surface area contributed by atoms with Gasteiger partial charge in [-0.05, 0) is 36.2 Å². The summed E-state index contributed by atoms with van der Waals surface area (Å²) in [5, 5.41) is 11.1. The number of halogens is 1. The van der Waals surface area contributed by atoms with Crippen molar-refractivity contribution in [1.29, 1.82) is 0 Å². The molecule has 156 valence electrons. The summed E-state index contributed by atoms with van der Waals surface area (Å²) in [4.78, 5) is 12.9. The number of hydrogen-bond donors (Lipinski definition) is 1. The van der Waals surface area contributed by atoms with Gasteiger partial charge in [0.25, 0.3) is 0 Å². The Morgan fingerprint density at radius 2 is 2.00 bits per heavy atom. The molecule has 0 radical (unpaired) electrons. The quantitative estimate of drug-likeness (QED) is 0.607. The molecule has 1 heterocycles. The summed E-state index contributed by atoms with van der Waals surface area (Å²) in [5.74, 6) is 0.761. The van der Waals surface area contributed by atoms with Gasteiger partial charge in [-0.15, -0.1) is 0 Å². The van der Waals surface area contributed by atoms with E-state index in [4.69, 9.17) is 16.3 Å². The SMILES string of the molecule is O=Cc1cccc(OCC(O)CN(Cc2ccc(Cl)cc2)C2CCS(=O)(=O)C2)c1. The molecule has 29 heavy (non-hydrogen) atoms. The molecule has 1 aliphatic rings. The van der Waals surface area contributed by atoms with Gasteiger partial charge < -0.3 is 9.84 Å². The highest BCUT2D eigenvalue weighted by Gasteiger charge is 2.33. The van der Waals surface area contributed by atoms with Crippen molar-refractivity contribution in [2.75, 3.05) is 24.7 Å². The maximum atomic E-state index is 11.9. The molecule has 1 fully saturated rings. The van der Waals surface area contributed by atoms with Crippen LogP contribution in [0.25, 0.3) is 0 Å². The second-order valence-electron chi connectivity index (χ2n) is 7.27. The largest absolute Gasteiger partial charge is 0.491 e. The maximum Gasteiger partial charge on any atom is 0.151 e. The van der Waals surface area contributed by atoms with Crippen LogP contribution in [-0.2, 0) is 16.4 Å². The molecule has 0 saturated carbocycles. The zero-order chi connectivity index (χ0) is 20.9. The van der Waals surface area contributed by atoms with E-state index < -0.39 is 15.9 Å². The van der Waals surface area contributed by atoms with Gasteiger partial charge in [-0.25, -0.2) is 8.42 Å². The number of aldehydes is 1. The lowest BCUT2D eigenvalue weighted by molar-refractivity contribution is 0.0524. The zero-order valence-electron chi connectivity index (χ0n) is 15.9. The average molecular weight is 438 g/mol. The standard InChI is InChI=1S/C21H24ClNO5S/c22-18-6-4-16(5-7-18)11-23(19-8-9-29(26,27)15-19)12-20(25)14-28-21-3-1-2-17(10-21)13-24/h1-7,10,13,19-20,25H,8-9,11-12,14-15H2. The smallest absolute Gasteiger partial charge is 0.151 e. The second kappa shape index (κ2) is 9.71. The van der Waals surface area contributed by atoms with E-state index in [2.05, 4.69) is 0 Å². The van der Waals surface area contributed by atoms with E-state index in [1.165, 1.54) is 0 Å². The molecule has 2 atom stereocenters. The van der Waals surface area contributed by atoms with Gasteiger partial charge in [0.1, 0.15) is 24.7 Å². The molecule has 0 bridgehead atoms. The van der Waals surface area contributed by atoms with E-state index in [9.17, 15) is 18.3 Å². The maximum absolute atomic E-state index is 11.9. The van der Waals surface area contributed by atoms with Crippen molar-refractivity contribution in [3.05, 3.63) is 64.7 Å². The number of aliphatic hydroxyl groups excluding tert-OH is 1. The lowest BCUT2D eigenvalue weighted by atomic mass is 10.1. The summed E-state index contributed by atoms with van der Waals surface area (Å²) in [7, 11) is -3.05. The number of aliphatic hydroxyl groups is 1. The molecule has 0 aromatic heterocycles. The van der Waals surface area contributed by atoms with E-state index in [1.54, 1.807) is 36.4 Å². The van der Waals surface area contributed by atoms with Crippen molar-refractivity contribution >= 4 is 27.7 Å². The molecular weight excluding hydrogens is 414 g/mol. The second-order valence-corrected chi connectivity index (χ2v) is 9.93. The molecular formula is C21H24ClNO5S. The highest BCUT2D eigenvalue weighted by Crippen LogP contribution is 2.21. The lowest BCUT2D eigenvalue weighted by Crippen LogP contribution is -2.42. The van der Waals surface area contributed by atoms with E-state index in [-0.39, 0.29) is 30.7 Å². The Balaban J connectivity index is 1.64. The third-order valence-electron chi connectivity index (χ3n) is 4.91. The van der Waals surface area contributed by atoms with E-state index in [1.807, 2.05) is 17.0 Å². The van der Waals surface area contributed by atoms with Crippen LogP contribution in [0.3, 0.4) is 0 Å². The highest BCUT2D eigenvalue weighted by molar-refractivity contribution is 7.91. The highest BCUT2D eigenvalue weighted by atomic mass is 35.5. The van der Waals surface area contributed by atoms with Gasteiger partial charge in [-0.1, -0.05) is 35.9 Å². The fourth-order valence-electron chi connectivity index (χ4n) is 3.42. The molecule has 1 aliphatic heterocycles. The van der Waals surface area contributed by atoms with Crippen molar-refractivity contribution in [3.63, 3.8) is 0 Å². The minimum Gasteiger partial charge on any atom is -0.491 e. The minimum absolute atomic E-state index is 0.0406. The van der Waals surface area contributed by atoms with Crippen LogP contribution in [0.15, 0.2) is 48.5 Å². The Kier molecular flexibility index (Phi) is 7.29. The molecule has 0 aliphatic carbocycles. The number of rotatable bonds is 9. The number of nitrogens with zero attached hydrogens (tertiary/aromatic N) is 1. The number of benzene rings is 2. The number of carbonyl (C=O) groups excluding carboxylic acids is 1. The number of sulfone groups is 1. The van der Waals surface area contributed by atoms with Crippen LogP contribution in [0.5, 0.6) is 5.75 Å². The van der Waals surface area contributed by atoms with Gasteiger partial charge in [0.05, 0.1) is 11.5 Å². The molecule has 2 unspecified atom stereocenters. The van der Waals surface area contributed by atoms with Crippen LogP contribution in [0.4, 0.5) is 0 Å². The predicted molar refractivity (Wildman–Crippen MR) is 112 cm³/mol. The molecule has 8 heteroatoms.